The van der Waals surface area contributed by atoms with Crippen LogP contribution in [0.2, 0.25) is 0 Å². The quantitative estimate of drug-likeness (QED) is 0.569. The molecule has 0 spiro atoms. The van der Waals surface area contributed by atoms with Gasteiger partial charge < -0.3 is 15.2 Å². The lowest BCUT2D eigenvalue weighted by Crippen LogP contribution is -2.43. The number of guanidine groups is 1. The highest BCUT2D eigenvalue weighted by Crippen LogP contribution is 2.42. The van der Waals surface area contributed by atoms with Gasteiger partial charge in [-0.05, 0) is 12.5 Å². The van der Waals surface area contributed by atoms with E-state index in [2.05, 4.69) is 25.5 Å². The molecule has 138 valence electrons. The van der Waals surface area contributed by atoms with Crippen LogP contribution in [0.4, 0.5) is 10.1 Å². The van der Waals surface area contributed by atoms with Gasteiger partial charge in [-0.15, -0.1) is 0 Å². The van der Waals surface area contributed by atoms with Crippen molar-refractivity contribution in [1.29, 1.82) is 0 Å². The van der Waals surface area contributed by atoms with Gasteiger partial charge in [0, 0.05) is 30.3 Å². The number of ether oxygens (including phenoxy) is 1. The van der Waals surface area contributed by atoms with E-state index in [1.165, 1.54) is 19.2 Å². The Bertz CT molecular complexity index is 968. The Balaban J connectivity index is 2.17. The Morgan fingerprint density at radius 2 is 2.30 bits per heavy atom. The molecule has 9 heteroatoms. The maximum atomic E-state index is 13.8. The molecule has 3 rings (SSSR count). The van der Waals surface area contributed by atoms with Crippen LogP contribution >= 0.6 is 0 Å². The number of hydrogen-bond donors (Lipinski definition) is 3. The number of aromatic hydroxyl groups is 1. The number of aliphatic imine (C=N–C) groups is 1. The molecule has 1 aliphatic heterocycles. The number of phenolic OH excluding ortho intramolecular Hbond substituents is 1. The molecule has 0 radical (unpaired) electrons. The van der Waals surface area contributed by atoms with Crippen LogP contribution in [0.25, 0.3) is 16.0 Å². The molecule has 1 aromatic carbocycles. The van der Waals surface area contributed by atoms with Crippen LogP contribution in [-0.4, -0.2) is 42.2 Å². The standard InChI is InChI=1S/C18H16FN5O3/c1-20-11-4-5-12(25)16(17(26)24-18-21-6-3-7-22-18)15(11)10-8-14(19)23-9-13(10)27-2/h4-5,8-9,25H,3,6-7H2,2H3,(H2,21,22,24,26). The summed E-state index contributed by atoms with van der Waals surface area (Å²) in [6, 6.07) is 3.64. The van der Waals surface area contributed by atoms with Gasteiger partial charge in [-0.1, -0.05) is 6.07 Å². The monoisotopic (exact) mass is 369 g/mol. The molecule has 0 unspecified atom stereocenters. The van der Waals surface area contributed by atoms with Crippen molar-refractivity contribution in [3.8, 4) is 22.6 Å². The van der Waals surface area contributed by atoms with Crippen LogP contribution in [0.3, 0.4) is 0 Å². The second kappa shape index (κ2) is 7.70. The average Bonchev–Trinajstić information content (AvgIpc) is 2.68. The summed E-state index contributed by atoms with van der Waals surface area (Å²) >= 11 is 0. The van der Waals surface area contributed by atoms with Crippen molar-refractivity contribution in [1.82, 2.24) is 15.6 Å². The van der Waals surface area contributed by atoms with E-state index < -0.39 is 11.9 Å². The van der Waals surface area contributed by atoms with E-state index in [-0.39, 0.29) is 39.8 Å². The number of carbonyl (C=O) groups is 1. The van der Waals surface area contributed by atoms with Crippen LogP contribution in [0, 0.1) is 12.5 Å². The number of methoxy groups -OCH3 is 1. The van der Waals surface area contributed by atoms with E-state index in [1.807, 2.05) is 0 Å². The van der Waals surface area contributed by atoms with Crippen molar-refractivity contribution < 1.29 is 19.0 Å². The number of hydrogen-bond acceptors (Lipinski definition) is 6. The average molecular weight is 369 g/mol. The Morgan fingerprint density at radius 3 is 2.96 bits per heavy atom. The first kappa shape index (κ1) is 18.1. The van der Waals surface area contributed by atoms with E-state index in [1.54, 1.807) is 0 Å². The number of nitrogens with one attached hydrogen (secondary N) is 2. The van der Waals surface area contributed by atoms with Gasteiger partial charge in [-0.25, -0.2) is 9.83 Å². The molecule has 3 N–H and O–H groups in total. The summed E-state index contributed by atoms with van der Waals surface area (Å²) < 4.78 is 19.0. The van der Waals surface area contributed by atoms with Crippen molar-refractivity contribution in [2.75, 3.05) is 20.2 Å². The van der Waals surface area contributed by atoms with Gasteiger partial charge >= 0.3 is 0 Å². The highest BCUT2D eigenvalue weighted by Gasteiger charge is 2.25. The van der Waals surface area contributed by atoms with Gasteiger partial charge in [0.05, 0.1) is 25.4 Å². The molecule has 1 amide bonds. The minimum Gasteiger partial charge on any atom is -0.507 e. The largest absolute Gasteiger partial charge is 0.507 e. The highest BCUT2D eigenvalue weighted by atomic mass is 19.1. The van der Waals surface area contributed by atoms with Gasteiger partial charge in [0.2, 0.25) is 5.95 Å². The Kier molecular flexibility index (Phi) is 5.17. The minimum absolute atomic E-state index is 0.0528. The third-order valence-electron chi connectivity index (χ3n) is 3.96. The maximum Gasteiger partial charge on any atom is 0.261 e. The molecule has 0 aliphatic carbocycles. The van der Waals surface area contributed by atoms with Gasteiger partial charge in [0.25, 0.3) is 5.91 Å². The molecule has 0 saturated carbocycles. The number of amides is 1. The molecule has 1 aromatic heterocycles. The van der Waals surface area contributed by atoms with Crippen molar-refractivity contribution in [2.45, 2.75) is 6.42 Å². The highest BCUT2D eigenvalue weighted by molar-refractivity contribution is 6.13. The first-order chi connectivity index (χ1) is 13.0. The van der Waals surface area contributed by atoms with E-state index in [0.717, 1.165) is 18.7 Å². The number of rotatable bonds is 3. The number of halogens is 1. The second-order valence-corrected chi connectivity index (χ2v) is 5.64. The number of benzene rings is 1. The predicted molar refractivity (Wildman–Crippen MR) is 96.5 cm³/mol. The molecule has 2 aromatic rings. The van der Waals surface area contributed by atoms with Crippen molar-refractivity contribution in [3.05, 3.63) is 47.3 Å². The number of nitrogens with zero attached hydrogens (tertiary/aromatic N) is 3. The fraction of sp³-hybridized carbons (Fsp3) is 0.222. The van der Waals surface area contributed by atoms with Crippen molar-refractivity contribution in [3.63, 3.8) is 0 Å². The van der Waals surface area contributed by atoms with Crippen molar-refractivity contribution >= 4 is 17.6 Å². The van der Waals surface area contributed by atoms with E-state index in [9.17, 15) is 14.3 Å². The van der Waals surface area contributed by atoms with E-state index in [4.69, 9.17) is 11.3 Å². The molecule has 27 heavy (non-hydrogen) atoms. The minimum atomic E-state index is -0.810. The first-order valence-electron chi connectivity index (χ1n) is 8.08. The smallest absolute Gasteiger partial charge is 0.261 e. The van der Waals surface area contributed by atoms with Gasteiger partial charge in [0.1, 0.15) is 11.5 Å². The number of phenols is 1. The fourth-order valence-electron chi connectivity index (χ4n) is 2.74. The summed E-state index contributed by atoms with van der Waals surface area (Å²) in [5.41, 5.74) is 0.0653. The van der Waals surface area contributed by atoms with Crippen LogP contribution < -0.4 is 15.4 Å². The molecular formula is C18H16FN5O3. The number of pyridine rings is 1. The van der Waals surface area contributed by atoms with E-state index >= 15 is 0 Å². The lowest BCUT2D eigenvalue weighted by atomic mass is 9.96. The molecular weight excluding hydrogens is 353 g/mol. The fourth-order valence-corrected chi connectivity index (χ4v) is 2.74. The first-order valence-corrected chi connectivity index (χ1v) is 8.08. The third kappa shape index (κ3) is 3.64. The zero-order valence-electron chi connectivity index (χ0n) is 14.4. The maximum absolute atomic E-state index is 13.8. The molecule has 0 saturated heterocycles. The zero-order valence-corrected chi connectivity index (χ0v) is 14.4. The molecule has 0 fully saturated rings. The summed E-state index contributed by atoms with van der Waals surface area (Å²) in [7, 11) is 1.36. The third-order valence-corrected chi connectivity index (χ3v) is 3.96. The lowest BCUT2D eigenvalue weighted by Gasteiger charge is -2.18. The van der Waals surface area contributed by atoms with E-state index in [0.29, 0.717) is 13.1 Å². The second-order valence-electron chi connectivity index (χ2n) is 5.64. The van der Waals surface area contributed by atoms with Crippen LogP contribution in [0.5, 0.6) is 11.5 Å². The summed E-state index contributed by atoms with van der Waals surface area (Å²) in [4.78, 5) is 23.9. The SMILES string of the molecule is [C-]#[N+]c1ccc(O)c(C(=O)NC2=NCCCN2)c1-c1cc(F)ncc1OC. The predicted octanol–water partition coefficient (Wildman–Crippen LogP) is 2.23. The molecule has 0 bridgehead atoms. The van der Waals surface area contributed by atoms with Crippen molar-refractivity contribution in [2.24, 2.45) is 4.99 Å². The van der Waals surface area contributed by atoms with Gasteiger partial charge in [-0.2, -0.15) is 4.39 Å². The number of carbonyl (C=O) groups excluding carboxylic acids is 1. The molecule has 1 aliphatic rings. The Hall–Kier alpha value is -3.67. The lowest BCUT2D eigenvalue weighted by molar-refractivity contribution is 0.0973. The summed E-state index contributed by atoms with van der Waals surface area (Å²) in [6.07, 6.45) is 1.99. The van der Waals surface area contributed by atoms with Crippen LogP contribution in [-0.2, 0) is 0 Å². The topological polar surface area (TPSA) is 100 Å². The summed E-state index contributed by atoms with van der Waals surface area (Å²) in [6.45, 7) is 8.62. The Morgan fingerprint density at radius 1 is 1.48 bits per heavy atom. The number of aromatic nitrogens is 1. The summed E-state index contributed by atoms with van der Waals surface area (Å²) in [5, 5.41) is 15.8. The molecule has 0 atom stereocenters. The normalized spacial score (nSPS) is 13.1. The molecule has 8 nitrogen and oxygen atoms in total. The summed E-state index contributed by atoms with van der Waals surface area (Å²) in [5.74, 6) is -1.41. The van der Waals surface area contributed by atoms with Crippen LogP contribution in [0.15, 0.2) is 29.4 Å². The zero-order chi connectivity index (χ0) is 19.4. The van der Waals surface area contributed by atoms with Crippen LogP contribution in [0.1, 0.15) is 16.8 Å². The Labute approximate surface area is 154 Å². The molecule has 2 heterocycles. The van der Waals surface area contributed by atoms with Gasteiger partial charge in [-0.3, -0.25) is 15.1 Å². The van der Waals surface area contributed by atoms with Gasteiger partial charge in [0.15, 0.2) is 11.6 Å².